The second-order valence-electron chi connectivity index (χ2n) is 9.20. The molecule has 6 aromatic carbocycles. The number of benzene rings is 6. The summed E-state index contributed by atoms with van der Waals surface area (Å²) in [4.78, 5) is 2.25. The van der Waals surface area contributed by atoms with E-state index in [-0.39, 0.29) is 29.9 Å². The normalized spacial score (nSPS) is 12.9. The largest absolute Gasteiger partial charge is 0.356 e. The van der Waals surface area contributed by atoms with Crippen LogP contribution in [0.1, 0.15) is 6.85 Å². The summed E-state index contributed by atoms with van der Waals surface area (Å²) in [6, 6.07) is 40.0. The fraction of sp³-hybridized carbons (Fsp3) is 0. The maximum atomic E-state index is 8.27. The number of nitrogens with zero attached hydrogens (tertiary/aromatic N) is 1. The van der Waals surface area contributed by atoms with Crippen LogP contribution in [0.4, 0.5) is 28.4 Å². The fourth-order valence-corrected chi connectivity index (χ4v) is 6.02. The van der Waals surface area contributed by atoms with E-state index in [0.717, 1.165) is 42.8 Å². The van der Waals surface area contributed by atoms with Gasteiger partial charge in [0.2, 0.25) is 0 Å². The Bertz CT molecular complexity index is 2120. The number of para-hydroxylation sites is 2. The average molecular weight is 524 g/mol. The quantitative estimate of drug-likeness (QED) is 0.233. The van der Waals surface area contributed by atoms with Crippen molar-refractivity contribution in [1.82, 2.24) is 0 Å². The van der Waals surface area contributed by atoms with Gasteiger partial charge in [-0.25, -0.2) is 0 Å². The summed E-state index contributed by atoms with van der Waals surface area (Å²) < 4.78 is 42.6. The number of thiophene rings is 1. The molecule has 7 rings (SSSR count). The van der Waals surface area contributed by atoms with E-state index in [1.54, 1.807) is 11.3 Å². The van der Waals surface area contributed by atoms with Crippen LogP contribution in [-0.2, 0) is 0 Å². The van der Waals surface area contributed by atoms with Gasteiger partial charge in [0.15, 0.2) is 0 Å². The number of hydrogen-bond acceptors (Lipinski definition) is 3. The molecule has 1 aromatic heterocycles. The Morgan fingerprint density at radius 1 is 0.513 bits per heavy atom. The van der Waals surface area contributed by atoms with Crippen LogP contribution < -0.4 is 10.2 Å². The molecule has 0 spiro atoms. The Morgan fingerprint density at radius 3 is 1.95 bits per heavy atom. The zero-order valence-electron chi connectivity index (χ0n) is 25.9. The second kappa shape index (κ2) is 10.1. The minimum absolute atomic E-state index is 0.0638. The van der Waals surface area contributed by atoms with Gasteiger partial charge in [0.05, 0.1) is 6.85 Å². The second-order valence-corrected chi connectivity index (χ2v) is 10.3. The molecule has 0 aliphatic heterocycles. The topological polar surface area (TPSA) is 15.3 Å². The number of anilines is 5. The van der Waals surface area contributed by atoms with Crippen molar-refractivity contribution in [3.63, 3.8) is 0 Å². The van der Waals surface area contributed by atoms with Crippen LogP contribution in [0.25, 0.3) is 31.3 Å². The molecular weight excluding hydrogens is 492 g/mol. The van der Waals surface area contributed by atoms with Gasteiger partial charge in [0, 0.05) is 48.6 Å². The van der Waals surface area contributed by atoms with Crippen molar-refractivity contribution in [3.05, 3.63) is 152 Å². The molecule has 2 nitrogen and oxygen atoms in total. The molecule has 0 atom stereocenters. The van der Waals surface area contributed by atoms with Gasteiger partial charge in [-0.2, -0.15) is 0 Å². The number of hydrogen-bond donors (Lipinski definition) is 1. The Balaban J connectivity index is 1.28. The standard InChI is InChI=1S/C36H26N2S/c1-4-10-26(11-5-1)27-16-19-31(20-17-27)38(30-14-8-3-9-15-30)32-21-22-33-34-24-29(37-28-12-6-2-7-13-28)18-23-35(34)39-36(33)25-32/h1-25,37H/i2D,6D,7D,12D,13D. The Labute approximate surface area is 239 Å². The van der Waals surface area contributed by atoms with Crippen molar-refractivity contribution in [2.24, 2.45) is 0 Å². The Kier molecular flexibility index (Phi) is 4.78. The predicted molar refractivity (Wildman–Crippen MR) is 169 cm³/mol. The Morgan fingerprint density at radius 2 is 1.18 bits per heavy atom. The highest BCUT2D eigenvalue weighted by atomic mass is 32.1. The van der Waals surface area contributed by atoms with Crippen molar-refractivity contribution in [2.45, 2.75) is 0 Å². The summed E-state index contributed by atoms with van der Waals surface area (Å²) in [6.45, 7) is 0. The van der Waals surface area contributed by atoms with Crippen molar-refractivity contribution in [1.29, 1.82) is 0 Å². The summed E-state index contributed by atoms with van der Waals surface area (Å²) in [5.74, 6) is 0. The first-order chi connectivity index (χ1) is 21.4. The monoisotopic (exact) mass is 523 g/mol. The van der Waals surface area contributed by atoms with Gasteiger partial charge in [0.25, 0.3) is 0 Å². The summed E-state index contributed by atoms with van der Waals surface area (Å²) in [6.07, 6.45) is 0. The van der Waals surface area contributed by atoms with Gasteiger partial charge in [0.1, 0.15) is 0 Å². The lowest BCUT2D eigenvalue weighted by Gasteiger charge is -2.25. The van der Waals surface area contributed by atoms with E-state index < -0.39 is 6.04 Å². The van der Waals surface area contributed by atoms with Crippen LogP contribution >= 0.6 is 11.3 Å². The smallest absolute Gasteiger partial charge is 0.0645 e. The summed E-state index contributed by atoms with van der Waals surface area (Å²) in [5.41, 5.74) is 6.22. The highest BCUT2D eigenvalue weighted by Crippen LogP contribution is 2.41. The lowest BCUT2D eigenvalue weighted by molar-refractivity contribution is 1.29. The maximum absolute atomic E-state index is 8.27. The van der Waals surface area contributed by atoms with Crippen LogP contribution in [0.15, 0.2) is 152 Å². The van der Waals surface area contributed by atoms with Crippen molar-refractivity contribution >= 4 is 59.9 Å². The molecule has 0 radical (unpaired) electrons. The first kappa shape index (κ1) is 18.4. The van der Waals surface area contributed by atoms with E-state index in [1.165, 1.54) is 5.56 Å². The SMILES string of the molecule is [2H]c1c([2H])c([2H])c(Nc2ccc3sc4cc(N(c5ccccc5)c5ccc(-c6ccccc6)cc5)ccc4c3c2)c([2H])c1[2H]. The van der Waals surface area contributed by atoms with Crippen LogP contribution in [0.3, 0.4) is 0 Å². The highest BCUT2D eigenvalue weighted by molar-refractivity contribution is 7.25. The molecule has 0 amide bonds. The fourth-order valence-electron chi connectivity index (χ4n) is 4.90. The predicted octanol–water partition coefficient (Wildman–Crippen LogP) is 10.9. The molecule has 1 heterocycles. The Hall–Kier alpha value is -4.86. The lowest BCUT2D eigenvalue weighted by Crippen LogP contribution is -2.09. The van der Waals surface area contributed by atoms with Gasteiger partial charge in [-0.05, 0) is 77.8 Å². The number of nitrogens with one attached hydrogen (secondary N) is 1. The van der Waals surface area contributed by atoms with E-state index in [4.69, 9.17) is 6.85 Å². The third-order valence-electron chi connectivity index (χ3n) is 6.73. The van der Waals surface area contributed by atoms with E-state index in [9.17, 15) is 0 Å². The van der Waals surface area contributed by atoms with Gasteiger partial charge >= 0.3 is 0 Å². The van der Waals surface area contributed by atoms with Gasteiger partial charge in [-0.3, -0.25) is 0 Å². The van der Waals surface area contributed by atoms with E-state index >= 15 is 0 Å². The third-order valence-corrected chi connectivity index (χ3v) is 7.86. The highest BCUT2D eigenvalue weighted by Gasteiger charge is 2.15. The van der Waals surface area contributed by atoms with E-state index in [0.29, 0.717) is 5.69 Å². The van der Waals surface area contributed by atoms with E-state index in [1.807, 2.05) is 42.5 Å². The molecule has 0 unspecified atom stereocenters. The first-order valence-electron chi connectivity index (χ1n) is 15.2. The molecule has 3 heteroatoms. The summed E-state index contributed by atoms with van der Waals surface area (Å²) >= 11 is 1.70. The van der Waals surface area contributed by atoms with Crippen LogP contribution in [0.2, 0.25) is 0 Å². The molecule has 0 aliphatic rings. The van der Waals surface area contributed by atoms with Gasteiger partial charge < -0.3 is 10.2 Å². The minimum Gasteiger partial charge on any atom is -0.356 e. The van der Waals surface area contributed by atoms with Crippen LogP contribution in [0, 0.1) is 0 Å². The molecule has 7 aromatic rings. The molecule has 0 saturated heterocycles. The summed E-state index contributed by atoms with van der Waals surface area (Å²) in [7, 11) is 0. The van der Waals surface area contributed by atoms with Crippen molar-refractivity contribution < 1.29 is 6.85 Å². The van der Waals surface area contributed by atoms with E-state index in [2.05, 4.69) is 89.1 Å². The zero-order valence-corrected chi connectivity index (χ0v) is 21.7. The number of rotatable bonds is 6. The third kappa shape index (κ3) is 4.65. The molecule has 0 aliphatic carbocycles. The average Bonchev–Trinajstić information content (AvgIpc) is 3.43. The molecule has 39 heavy (non-hydrogen) atoms. The molecular formula is C36H26N2S. The molecule has 0 saturated carbocycles. The van der Waals surface area contributed by atoms with Gasteiger partial charge in [-0.1, -0.05) is 84.9 Å². The molecule has 0 fully saturated rings. The lowest BCUT2D eigenvalue weighted by atomic mass is 10.0. The van der Waals surface area contributed by atoms with Gasteiger partial charge in [-0.15, -0.1) is 11.3 Å². The summed E-state index contributed by atoms with van der Waals surface area (Å²) in [5, 5.41) is 5.21. The van der Waals surface area contributed by atoms with Crippen molar-refractivity contribution in [2.75, 3.05) is 10.2 Å². The zero-order chi connectivity index (χ0) is 30.4. The molecule has 1 N–H and O–H groups in total. The molecule has 186 valence electrons. The minimum atomic E-state index is -0.405. The van der Waals surface area contributed by atoms with Crippen LogP contribution in [-0.4, -0.2) is 0 Å². The first-order valence-corrected chi connectivity index (χ1v) is 13.5. The number of fused-ring (bicyclic) bond motifs is 3. The molecule has 0 bridgehead atoms. The van der Waals surface area contributed by atoms with Crippen LogP contribution in [0.5, 0.6) is 0 Å². The van der Waals surface area contributed by atoms with Crippen molar-refractivity contribution in [3.8, 4) is 11.1 Å². The maximum Gasteiger partial charge on any atom is 0.0645 e.